The van der Waals surface area contributed by atoms with E-state index in [2.05, 4.69) is 41.3 Å². The molecule has 3 rings (SSSR count). The first kappa shape index (κ1) is 21.6. The van der Waals surface area contributed by atoms with Crippen LogP contribution >= 0.6 is 11.6 Å². The van der Waals surface area contributed by atoms with E-state index < -0.39 is 12.5 Å². The third kappa shape index (κ3) is 5.08. The van der Waals surface area contributed by atoms with E-state index in [1.807, 2.05) is 19.1 Å². The summed E-state index contributed by atoms with van der Waals surface area (Å²) >= 11 is 6.32. The predicted octanol–water partition coefficient (Wildman–Crippen LogP) is 2.75. The molecule has 1 aromatic carbocycles. The second kappa shape index (κ2) is 8.71. The van der Waals surface area contributed by atoms with Gasteiger partial charge in [0, 0.05) is 16.8 Å². The number of nitrogens with one attached hydrogen (secondary N) is 2. The van der Waals surface area contributed by atoms with Gasteiger partial charge in [0.25, 0.3) is 0 Å². The largest absolute Gasteiger partial charge is 0.487 e. The topological polar surface area (TPSA) is 112 Å². The number of aliphatic hydroxyl groups is 2. The van der Waals surface area contributed by atoms with E-state index in [1.165, 1.54) is 0 Å². The zero-order valence-corrected chi connectivity index (χ0v) is 17.7. The van der Waals surface area contributed by atoms with Crippen molar-refractivity contribution in [2.75, 3.05) is 18.5 Å². The fourth-order valence-corrected chi connectivity index (χ4v) is 3.06. The lowest BCUT2D eigenvalue weighted by Crippen LogP contribution is -2.30. The molecule has 2 heterocycles. The Morgan fingerprint density at radius 3 is 2.76 bits per heavy atom. The van der Waals surface area contributed by atoms with E-state index in [0.29, 0.717) is 5.82 Å². The van der Waals surface area contributed by atoms with E-state index >= 15 is 0 Å². The highest BCUT2D eigenvalue weighted by Gasteiger charge is 2.23. The second-order valence-electron chi connectivity index (χ2n) is 8.05. The molecule has 29 heavy (non-hydrogen) atoms. The van der Waals surface area contributed by atoms with Crippen LogP contribution in [-0.4, -0.2) is 52.3 Å². The molecule has 0 amide bonds. The van der Waals surface area contributed by atoms with Gasteiger partial charge in [-0.2, -0.15) is 5.10 Å². The molecule has 1 aliphatic rings. The van der Waals surface area contributed by atoms with E-state index in [9.17, 15) is 5.11 Å². The first-order valence-corrected chi connectivity index (χ1v) is 9.77. The summed E-state index contributed by atoms with van der Waals surface area (Å²) in [5.41, 5.74) is 3.43. The molecular weight excluding hydrogens is 396 g/mol. The highest BCUT2D eigenvalue weighted by molar-refractivity contribution is 6.31. The van der Waals surface area contributed by atoms with Crippen LogP contribution in [0.25, 0.3) is 0 Å². The summed E-state index contributed by atoms with van der Waals surface area (Å²) in [6.07, 6.45) is 0.0329. The summed E-state index contributed by atoms with van der Waals surface area (Å²) < 4.78 is 11.5. The zero-order chi connectivity index (χ0) is 21.2. The molecule has 0 radical (unpaired) electrons. The van der Waals surface area contributed by atoms with Gasteiger partial charge < -0.3 is 25.0 Å². The number of aliphatic hydroxyl groups excluding tert-OH is 2. The Balaban J connectivity index is 1.71. The van der Waals surface area contributed by atoms with Crippen LogP contribution in [0.1, 0.15) is 43.2 Å². The van der Waals surface area contributed by atoms with Crippen LogP contribution in [0.5, 0.6) is 5.75 Å². The number of rotatable bonds is 7. The highest BCUT2D eigenvalue weighted by Crippen LogP contribution is 2.36. The minimum atomic E-state index is -0.948. The fourth-order valence-electron chi connectivity index (χ4n) is 2.89. The molecule has 1 aromatic heterocycles. The Bertz CT molecular complexity index is 891. The molecule has 0 fully saturated rings. The van der Waals surface area contributed by atoms with Crippen LogP contribution in [0.4, 0.5) is 5.82 Å². The number of aryl methyl sites for hydroxylation is 1. The molecular formula is C20H27ClN4O4. The summed E-state index contributed by atoms with van der Waals surface area (Å²) in [7, 11) is 0. The number of aromatic nitrogens is 2. The fraction of sp³-hybridized carbons (Fsp3) is 0.500. The number of nitrogens with zero attached hydrogens (tertiary/aromatic N) is 2. The van der Waals surface area contributed by atoms with Crippen molar-refractivity contribution in [2.24, 2.45) is 4.99 Å². The summed E-state index contributed by atoms with van der Waals surface area (Å²) in [5.74, 6) is 1.37. The first-order chi connectivity index (χ1) is 13.7. The molecule has 0 saturated heterocycles. The lowest BCUT2D eigenvalue weighted by Gasteiger charge is -2.24. The number of halogens is 1. The number of benzene rings is 1. The van der Waals surface area contributed by atoms with Crippen LogP contribution in [0, 0.1) is 6.92 Å². The van der Waals surface area contributed by atoms with Gasteiger partial charge in [-0.05, 0) is 30.0 Å². The molecule has 9 heteroatoms. The Labute approximate surface area is 174 Å². The normalized spacial score (nSPS) is 17.0. The van der Waals surface area contributed by atoms with Crippen LogP contribution in [0.3, 0.4) is 0 Å². The zero-order valence-electron chi connectivity index (χ0n) is 17.0. The standard InChI is InChI=1S/C20H27ClN4O4/c1-11-5-17(14(6-15(11)21)20(2,3)4)28-10-16-13-7-22-19(23-18(13)25-24-16)29-9-12(27)8-26/h5-7,12,19,26-27H,8-10H2,1-4H3,(H2,23,24,25). The van der Waals surface area contributed by atoms with Crippen molar-refractivity contribution in [1.29, 1.82) is 0 Å². The summed E-state index contributed by atoms with van der Waals surface area (Å²) in [5, 5.41) is 29.2. The molecule has 0 bridgehead atoms. The monoisotopic (exact) mass is 422 g/mol. The lowest BCUT2D eigenvalue weighted by atomic mass is 9.86. The quantitative estimate of drug-likeness (QED) is 0.545. The third-order valence-corrected chi connectivity index (χ3v) is 4.99. The second-order valence-corrected chi connectivity index (χ2v) is 8.45. The van der Waals surface area contributed by atoms with E-state index in [0.717, 1.165) is 33.2 Å². The molecule has 2 unspecified atom stereocenters. The number of aliphatic imine (C=N–C) groups is 1. The molecule has 1 aliphatic heterocycles. The Morgan fingerprint density at radius 1 is 1.31 bits per heavy atom. The predicted molar refractivity (Wildman–Crippen MR) is 112 cm³/mol. The third-order valence-electron chi connectivity index (χ3n) is 4.58. The van der Waals surface area contributed by atoms with Gasteiger partial charge in [-0.1, -0.05) is 32.4 Å². The van der Waals surface area contributed by atoms with Gasteiger partial charge in [-0.15, -0.1) is 0 Å². The van der Waals surface area contributed by atoms with Crippen LogP contribution in [0.2, 0.25) is 5.02 Å². The van der Waals surface area contributed by atoms with Crippen molar-refractivity contribution in [3.63, 3.8) is 0 Å². The van der Waals surface area contributed by atoms with E-state index in [-0.39, 0.29) is 25.2 Å². The summed E-state index contributed by atoms with van der Waals surface area (Å²) in [4.78, 5) is 4.26. The van der Waals surface area contributed by atoms with Gasteiger partial charge >= 0.3 is 0 Å². The molecule has 0 spiro atoms. The van der Waals surface area contributed by atoms with Crippen molar-refractivity contribution < 1.29 is 19.7 Å². The smallest absolute Gasteiger partial charge is 0.226 e. The van der Waals surface area contributed by atoms with Crippen molar-refractivity contribution in [2.45, 2.75) is 52.2 Å². The minimum absolute atomic E-state index is 0.0350. The molecule has 2 aromatic rings. The molecule has 158 valence electrons. The van der Waals surface area contributed by atoms with E-state index in [1.54, 1.807) is 6.21 Å². The van der Waals surface area contributed by atoms with E-state index in [4.69, 9.17) is 26.2 Å². The number of ether oxygens (including phenoxy) is 2. The van der Waals surface area contributed by atoms with Crippen LogP contribution < -0.4 is 10.1 Å². The first-order valence-electron chi connectivity index (χ1n) is 9.40. The number of anilines is 1. The Kier molecular flexibility index (Phi) is 6.48. The molecule has 0 saturated carbocycles. The SMILES string of the molecule is Cc1cc(OCc2[nH]nc3c2C=NC(OCC(O)CO)N3)c(C(C)(C)C)cc1Cl. The lowest BCUT2D eigenvalue weighted by molar-refractivity contribution is -0.0170. The number of H-pyrrole nitrogens is 1. The Hall–Kier alpha value is -2.13. The highest BCUT2D eigenvalue weighted by atomic mass is 35.5. The number of aromatic amines is 1. The molecule has 2 atom stereocenters. The maximum Gasteiger partial charge on any atom is 0.226 e. The van der Waals surface area contributed by atoms with Crippen molar-refractivity contribution >= 4 is 23.6 Å². The van der Waals surface area contributed by atoms with Gasteiger partial charge in [0.05, 0.1) is 24.5 Å². The maximum atomic E-state index is 9.38. The number of fused-ring (bicyclic) bond motifs is 1. The van der Waals surface area contributed by atoms with Gasteiger partial charge in [-0.25, -0.2) is 4.99 Å². The van der Waals surface area contributed by atoms with Crippen LogP contribution in [-0.2, 0) is 16.8 Å². The van der Waals surface area contributed by atoms with Gasteiger partial charge in [0.2, 0.25) is 6.35 Å². The van der Waals surface area contributed by atoms with Crippen molar-refractivity contribution in [1.82, 2.24) is 10.2 Å². The molecule has 4 N–H and O–H groups in total. The minimum Gasteiger partial charge on any atom is -0.487 e. The molecule has 8 nitrogen and oxygen atoms in total. The average molecular weight is 423 g/mol. The average Bonchev–Trinajstić information content (AvgIpc) is 3.08. The van der Waals surface area contributed by atoms with Gasteiger partial charge in [-0.3, -0.25) is 5.10 Å². The van der Waals surface area contributed by atoms with Gasteiger partial charge in [0.1, 0.15) is 18.5 Å². The summed E-state index contributed by atoms with van der Waals surface area (Å²) in [6.45, 7) is 8.17. The number of hydrogen-bond donors (Lipinski definition) is 4. The maximum absolute atomic E-state index is 9.38. The Morgan fingerprint density at radius 2 is 2.07 bits per heavy atom. The van der Waals surface area contributed by atoms with Crippen molar-refractivity contribution in [3.8, 4) is 5.75 Å². The molecule has 0 aliphatic carbocycles. The van der Waals surface area contributed by atoms with Crippen LogP contribution in [0.15, 0.2) is 17.1 Å². The van der Waals surface area contributed by atoms with Gasteiger partial charge in [0.15, 0.2) is 5.82 Å². The number of hydrogen-bond acceptors (Lipinski definition) is 7. The van der Waals surface area contributed by atoms with Crippen molar-refractivity contribution in [3.05, 3.63) is 39.5 Å². The summed E-state index contributed by atoms with van der Waals surface area (Å²) in [6, 6.07) is 3.91.